The van der Waals surface area contributed by atoms with E-state index in [9.17, 15) is 4.79 Å². The quantitative estimate of drug-likeness (QED) is 0.727. The zero-order valence-corrected chi connectivity index (χ0v) is 10.4. The minimum absolute atomic E-state index is 0.0455. The Hall–Kier alpha value is -1.39. The summed E-state index contributed by atoms with van der Waals surface area (Å²) in [5, 5.41) is 2.90. The van der Waals surface area contributed by atoms with Crippen molar-refractivity contribution in [1.29, 1.82) is 0 Å². The summed E-state index contributed by atoms with van der Waals surface area (Å²) < 4.78 is 0. The lowest BCUT2D eigenvalue weighted by molar-refractivity contribution is -0.122. The van der Waals surface area contributed by atoms with Gasteiger partial charge >= 0.3 is 0 Å². The highest BCUT2D eigenvalue weighted by Crippen LogP contribution is 1.97. The topological polar surface area (TPSA) is 58.4 Å². The smallest absolute Gasteiger partial charge is 0.234 e. The van der Waals surface area contributed by atoms with Crippen LogP contribution >= 0.6 is 0 Å². The van der Waals surface area contributed by atoms with Crippen molar-refractivity contribution in [1.82, 2.24) is 10.2 Å². The maximum Gasteiger partial charge on any atom is 0.234 e. The van der Waals surface area contributed by atoms with Crippen LogP contribution in [0.25, 0.3) is 0 Å². The molecule has 0 atom stereocenters. The molecule has 0 aliphatic rings. The molecule has 0 aliphatic heterocycles. The third-order valence-electron chi connectivity index (χ3n) is 2.59. The van der Waals surface area contributed by atoms with E-state index >= 15 is 0 Å². The lowest BCUT2D eigenvalue weighted by atomic mass is 10.2. The van der Waals surface area contributed by atoms with Gasteiger partial charge in [-0.3, -0.25) is 9.69 Å². The van der Waals surface area contributed by atoms with Crippen LogP contribution in [0.2, 0.25) is 0 Å². The molecule has 1 amide bonds. The van der Waals surface area contributed by atoms with Crippen LogP contribution in [0.5, 0.6) is 0 Å². The minimum Gasteiger partial charge on any atom is -0.351 e. The molecule has 1 rings (SSSR count). The number of nitrogens with zero attached hydrogens (tertiary/aromatic N) is 1. The summed E-state index contributed by atoms with van der Waals surface area (Å²) in [6.45, 7) is 5.21. The lowest BCUT2D eigenvalue weighted by Gasteiger charge is -2.18. The molecule has 17 heavy (non-hydrogen) atoms. The Kier molecular flexibility index (Phi) is 6.29. The molecule has 0 heterocycles. The number of nitrogens with two attached hydrogens (primary N) is 1. The standard InChI is InChI=1S/C13H21N3O/c1-2-16(9-8-14)11-13(17)15-10-12-6-4-3-5-7-12/h3-7H,2,8-11,14H2,1H3,(H,15,17). The van der Waals surface area contributed by atoms with Crippen LogP contribution in [0.4, 0.5) is 0 Å². The van der Waals surface area contributed by atoms with Gasteiger partial charge in [0.2, 0.25) is 5.91 Å². The van der Waals surface area contributed by atoms with Gasteiger partial charge in [0.15, 0.2) is 0 Å². The second kappa shape index (κ2) is 7.81. The summed E-state index contributed by atoms with van der Waals surface area (Å²) in [4.78, 5) is 13.7. The van der Waals surface area contributed by atoms with Gasteiger partial charge in [0.25, 0.3) is 0 Å². The molecule has 94 valence electrons. The van der Waals surface area contributed by atoms with Crippen molar-refractivity contribution < 1.29 is 4.79 Å². The fourth-order valence-electron chi connectivity index (χ4n) is 1.59. The summed E-state index contributed by atoms with van der Waals surface area (Å²) in [6.07, 6.45) is 0. The fraction of sp³-hybridized carbons (Fsp3) is 0.462. The summed E-state index contributed by atoms with van der Waals surface area (Å²) >= 11 is 0. The SMILES string of the molecule is CCN(CCN)CC(=O)NCc1ccccc1. The van der Waals surface area contributed by atoms with Crippen molar-refractivity contribution in [2.24, 2.45) is 5.73 Å². The summed E-state index contributed by atoms with van der Waals surface area (Å²) in [5.74, 6) is 0.0455. The van der Waals surface area contributed by atoms with E-state index in [0.717, 1.165) is 18.7 Å². The summed E-state index contributed by atoms with van der Waals surface area (Å²) in [7, 11) is 0. The van der Waals surface area contributed by atoms with E-state index in [4.69, 9.17) is 5.73 Å². The number of nitrogens with one attached hydrogen (secondary N) is 1. The molecule has 0 unspecified atom stereocenters. The Morgan fingerprint density at radius 3 is 2.65 bits per heavy atom. The molecule has 4 nitrogen and oxygen atoms in total. The molecule has 0 aliphatic carbocycles. The van der Waals surface area contributed by atoms with E-state index in [0.29, 0.717) is 19.6 Å². The Balaban J connectivity index is 2.30. The van der Waals surface area contributed by atoms with Gasteiger partial charge in [-0.05, 0) is 12.1 Å². The summed E-state index contributed by atoms with van der Waals surface area (Å²) in [5.41, 5.74) is 6.59. The van der Waals surface area contributed by atoms with E-state index in [1.54, 1.807) is 0 Å². The Morgan fingerprint density at radius 1 is 1.35 bits per heavy atom. The Morgan fingerprint density at radius 2 is 2.06 bits per heavy atom. The molecule has 0 fully saturated rings. The summed E-state index contributed by atoms with van der Waals surface area (Å²) in [6, 6.07) is 9.89. The zero-order chi connectivity index (χ0) is 12.5. The van der Waals surface area contributed by atoms with Crippen molar-refractivity contribution in [3.05, 3.63) is 35.9 Å². The van der Waals surface area contributed by atoms with E-state index < -0.39 is 0 Å². The number of rotatable bonds is 7. The Bertz CT molecular complexity index is 327. The number of hydrogen-bond donors (Lipinski definition) is 2. The first-order valence-corrected chi connectivity index (χ1v) is 5.99. The molecule has 3 N–H and O–H groups in total. The van der Waals surface area contributed by atoms with Gasteiger partial charge in [0, 0.05) is 19.6 Å². The molecular formula is C13H21N3O. The number of carbonyl (C=O) groups is 1. The average Bonchev–Trinajstić information content (AvgIpc) is 2.37. The predicted octanol–water partition coefficient (Wildman–Crippen LogP) is 0.583. The Labute approximate surface area is 103 Å². The monoisotopic (exact) mass is 235 g/mol. The molecule has 0 bridgehead atoms. The highest BCUT2D eigenvalue weighted by atomic mass is 16.2. The van der Waals surface area contributed by atoms with E-state index in [1.165, 1.54) is 0 Å². The molecule has 4 heteroatoms. The number of hydrogen-bond acceptors (Lipinski definition) is 3. The van der Waals surface area contributed by atoms with Crippen molar-refractivity contribution >= 4 is 5.91 Å². The van der Waals surface area contributed by atoms with Gasteiger partial charge in [-0.1, -0.05) is 37.3 Å². The van der Waals surface area contributed by atoms with Gasteiger partial charge in [0.1, 0.15) is 0 Å². The van der Waals surface area contributed by atoms with Crippen LogP contribution in [-0.2, 0) is 11.3 Å². The maximum atomic E-state index is 11.7. The van der Waals surface area contributed by atoms with Crippen molar-refractivity contribution in [2.45, 2.75) is 13.5 Å². The number of benzene rings is 1. The molecule has 0 saturated carbocycles. The largest absolute Gasteiger partial charge is 0.351 e. The van der Waals surface area contributed by atoms with E-state index in [1.807, 2.05) is 42.2 Å². The highest BCUT2D eigenvalue weighted by Gasteiger charge is 2.07. The first kappa shape index (κ1) is 13.7. The second-order valence-corrected chi connectivity index (χ2v) is 3.92. The zero-order valence-electron chi connectivity index (χ0n) is 10.4. The number of carbonyl (C=O) groups excluding carboxylic acids is 1. The van der Waals surface area contributed by atoms with Crippen LogP contribution in [0, 0.1) is 0 Å². The fourth-order valence-corrected chi connectivity index (χ4v) is 1.59. The van der Waals surface area contributed by atoms with Gasteiger partial charge in [-0.25, -0.2) is 0 Å². The van der Waals surface area contributed by atoms with Crippen LogP contribution in [0.3, 0.4) is 0 Å². The average molecular weight is 235 g/mol. The second-order valence-electron chi connectivity index (χ2n) is 3.92. The van der Waals surface area contributed by atoms with Gasteiger partial charge in [0.05, 0.1) is 6.54 Å². The van der Waals surface area contributed by atoms with E-state index in [-0.39, 0.29) is 5.91 Å². The number of likely N-dealkylation sites (N-methyl/N-ethyl adjacent to an activating group) is 1. The first-order chi connectivity index (χ1) is 8.26. The van der Waals surface area contributed by atoms with Crippen molar-refractivity contribution in [2.75, 3.05) is 26.2 Å². The van der Waals surface area contributed by atoms with Gasteiger partial charge in [-0.2, -0.15) is 0 Å². The molecular weight excluding hydrogens is 214 g/mol. The molecule has 0 saturated heterocycles. The van der Waals surface area contributed by atoms with Crippen molar-refractivity contribution in [3.63, 3.8) is 0 Å². The van der Waals surface area contributed by atoms with E-state index in [2.05, 4.69) is 5.32 Å². The van der Waals surface area contributed by atoms with Crippen LogP contribution in [0.15, 0.2) is 30.3 Å². The molecule has 0 aromatic heterocycles. The van der Waals surface area contributed by atoms with Crippen molar-refractivity contribution in [3.8, 4) is 0 Å². The van der Waals surface area contributed by atoms with Gasteiger partial charge in [-0.15, -0.1) is 0 Å². The molecule has 1 aromatic carbocycles. The lowest BCUT2D eigenvalue weighted by Crippen LogP contribution is -2.39. The molecule has 0 spiro atoms. The third-order valence-corrected chi connectivity index (χ3v) is 2.59. The third kappa shape index (κ3) is 5.47. The maximum absolute atomic E-state index is 11.7. The normalized spacial score (nSPS) is 10.5. The number of amides is 1. The van der Waals surface area contributed by atoms with Crippen LogP contribution in [0.1, 0.15) is 12.5 Å². The van der Waals surface area contributed by atoms with Gasteiger partial charge < -0.3 is 11.1 Å². The van der Waals surface area contributed by atoms with Crippen LogP contribution in [-0.4, -0.2) is 37.0 Å². The molecule has 1 aromatic rings. The minimum atomic E-state index is 0.0455. The van der Waals surface area contributed by atoms with Crippen LogP contribution < -0.4 is 11.1 Å². The predicted molar refractivity (Wildman–Crippen MR) is 69.5 cm³/mol. The highest BCUT2D eigenvalue weighted by molar-refractivity contribution is 5.77. The first-order valence-electron chi connectivity index (χ1n) is 5.99. The molecule has 0 radical (unpaired) electrons.